The number of nitrogens with one attached hydrogen (secondary N) is 1. The molecule has 1 amide bonds. The summed E-state index contributed by atoms with van der Waals surface area (Å²) in [5, 5.41) is 3.96. The molecule has 0 saturated carbocycles. The van der Waals surface area contributed by atoms with Crippen molar-refractivity contribution >= 4 is 46.2 Å². The van der Waals surface area contributed by atoms with Crippen LogP contribution < -0.4 is 10.1 Å². The number of hydrogen-bond donors (Lipinski definition) is 1. The van der Waals surface area contributed by atoms with Crippen molar-refractivity contribution in [3.8, 4) is 5.75 Å². The van der Waals surface area contributed by atoms with Crippen LogP contribution in [0, 0.1) is 13.8 Å². The summed E-state index contributed by atoms with van der Waals surface area (Å²) in [6.45, 7) is 6.50. The Balaban J connectivity index is 1.89. The van der Waals surface area contributed by atoms with Gasteiger partial charge in [0.25, 0.3) is 5.91 Å². The minimum atomic E-state index is -0.180. The van der Waals surface area contributed by atoms with Gasteiger partial charge in [0.1, 0.15) is 5.75 Å². The first-order valence-corrected chi connectivity index (χ1v) is 9.44. The fraction of sp³-hybridized carbons (Fsp3) is 0.200. The van der Waals surface area contributed by atoms with Crippen LogP contribution in [-0.4, -0.2) is 17.7 Å². The highest BCUT2D eigenvalue weighted by Crippen LogP contribution is 2.32. The number of nitrogens with zero attached hydrogens (tertiary/aromatic N) is 1. The standard InChI is InChI=1S/C20H19ClN2O2S/c1-4-25-17-6-5-15(21)10-14(17)11-18-19(24)23-20(26-18)22-16-8-12(2)7-13(3)9-16/h5-11H,4H2,1-3H3,(H,22,23,24)/b18-11-. The number of benzene rings is 2. The molecular weight excluding hydrogens is 368 g/mol. The van der Waals surface area contributed by atoms with Crippen LogP contribution in [0.15, 0.2) is 46.3 Å². The number of carbonyl (C=O) groups is 1. The minimum Gasteiger partial charge on any atom is -0.493 e. The number of hydrogen-bond acceptors (Lipinski definition) is 4. The normalized spacial score (nSPS) is 17.0. The van der Waals surface area contributed by atoms with Gasteiger partial charge in [0, 0.05) is 10.6 Å². The third-order valence-corrected chi connectivity index (χ3v) is 4.79. The average molecular weight is 387 g/mol. The lowest BCUT2D eigenvalue weighted by molar-refractivity contribution is -0.115. The molecule has 1 aliphatic rings. The van der Waals surface area contributed by atoms with Crippen molar-refractivity contribution in [2.24, 2.45) is 4.99 Å². The smallest absolute Gasteiger partial charge is 0.264 e. The van der Waals surface area contributed by atoms with Gasteiger partial charge >= 0.3 is 0 Å². The summed E-state index contributed by atoms with van der Waals surface area (Å²) < 4.78 is 5.61. The summed E-state index contributed by atoms with van der Waals surface area (Å²) in [5.41, 5.74) is 3.86. The van der Waals surface area contributed by atoms with Gasteiger partial charge in [0.05, 0.1) is 17.2 Å². The molecule has 0 aliphatic carbocycles. The molecule has 6 heteroatoms. The van der Waals surface area contributed by atoms with Crippen LogP contribution >= 0.6 is 23.4 Å². The van der Waals surface area contributed by atoms with Gasteiger partial charge in [-0.3, -0.25) is 4.79 Å². The first-order chi connectivity index (χ1) is 12.4. The molecule has 0 aromatic heterocycles. The van der Waals surface area contributed by atoms with Crippen molar-refractivity contribution in [1.29, 1.82) is 0 Å². The third kappa shape index (κ3) is 4.48. The zero-order chi connectivity index (χ0) is 18.7. The summed E-state index contributed by atoms with van der Waals surface area (Å²) in [6.07, 6.45) is 1.78. The number of amidine groups is 1. The van der Waals surface area contributed by atoms with Crippen LogP contribution in [0.3, 0.4) is 0 Å². The number of amides is 1. The van der Waals surface area contributed by atoms with Gasteiger partial charge in [0.15, 0.2) is 5.17 Å². The number of thioether (sulfide) groups is 1. The van der Waals surface area contributed by atoms with Gasteiger partial charge in [-0.05, 0) is 80.1 Å². The van der Waals surface area contributed by atoms with Gasteiger partial charge in [-0.2, -0.15) is 0 Å². The maximum Gasteiger partial charge on any atom is 0.264 e. The van der Waals surface area contributed by atoms with Gasteiger partial charge < -0.3 is 10.1 Å². The predicted molar refractivity (Wildman–Crippen MR) is 109 cm³/mol. The van der Waals surface area contributed by atoms with Crippen molar-refractivity contribution < 1.29 is 9.53 Å². The summed E-state index contributed by atoms with van der Waals surface area (Å²) in [5.74, 6) is 0.512. The second-order valence-electron chi connectivity index (χ2n) is 5.94. The first-order valence-electron chi connectivity index (χ1n) is 8.25. The molecule has 0 radical (unpaired) electrons. The quantitative estimate of drug-likeness (QED) is 0.730. The lowest BCUT2D eigenvalue weighted by Gasteiger charge is -2.07. The van der Waals surface area contributed by atoms with E-state index in [4.69, 9.17) is 16.3 Å². The Morgan fingerprint density at radius 2 is 1.92 bits per heavy atom. The number of aliphatic imine (C=N–C) groups is 1. The van der Waals surface area contributed by atoms with Crippen LogP contribution in [0.4, 0.5) is 5.69 Å². The topological polar surface area (TPSA) is 50.7 Å². The monoisotopic (exact) mass is 386 g/mol. The van der Waals surface area contributed by atoms with Crippen molar-refractivity contribution in [2.45, 2.75) is 20.8 Å². The van der Waals surface area contributed by atoms with E-state index in [2.05, 4.69) is 16.4 Å². The lowest BCUT2D eigenvalue weighted by Crippen LogP contribution is -2.19. The largest absolute Gasteiger partial charge is 0.493 e. The van der Waals surface area contributed by atoms with Crippen LogP contribution in [0.2, 0.25) is 5.02 Å². The van der Waals surface area contributed by atoms with E-state index < -0.39 is 0 Å². The molecule has 0 bridgehead atoms. The maximum absolute atomic E-state index is 12.3. The number of aryl methyl sites for hydroxylation is 2. The van der Waals surface area contributed by atoms with E-state index in [1.54, 1.807) is 24.3 Å². The second-order valence-corrected chi connectivity index (χ2v) is 7.41. The molecule has 1 heterocycles. The van der Waals surface area contributed by atoms with Crippen molar-refractivity contribution in [2.75, 3.05) is 6.61 Å². The Kier molecular flexibility index (Phi) is 5.69. The molecule has 2 aromatic rings. The van der Waals surface area contributed by atoms with Crippen molar-refractivity contribution in [3.05, 3.63) is 63.0 Å². The molecule has 1 fully saturated rings. The molecule has 4 nitrogen and oxygen atoms in total. The fourth-order valence-electron chi connectivity index (χ4n) is 2.67. The van der Waals surface area contributed by atoms with E-state index >= 15 is 0 Å². The molecule has 1 N–H and O–H groups in total. The van der Waals surface area contributed by atoms with Crippen LogP contribution in [0.1, 0.15) is 23.6 Å². The fourth-order valence-corrected chi connectivity index (χ4v) is 3.69. The number of halogens is 1. The average Bonchev–Trinajstić information content (AvgIpc) is 2.88. The Labute approximate surface area is 162 Å². The van der Waals surface area contributed by atoms with Gasteiger partial charge in [-0.25, -0.2) is 4.99 Å². The Morgan fingerprint density at radius 3 is 2.62 bits per heavy atom. The maximum atomic E-state index is 12.3. The Bertz CT molecular complexity index is 902. The zero-order valence-electron chi connectivity index (χ0n) is 14.8. The molecule has 0 unspecified atom stereocenters. The van der Waals surface area contributed by atoms with Crippen LogP contribution in [0.5, 0.6) is 5.75 Å². The number of rotatable bonds is 4. The molecular formula is C20H19ClN2O2S. The summed E-state index contributed by atoms with van der Waals surface area (Å²) >= 11 is 7.39. The van der Waals surface area contributed by atoms with E-state index in [1.807, 2.05) is 32.9 Å². The molecule has 2 aromatic carbocycles. The Morgan fingerprint density at radius 1 is 1.19 bits per heavy atom. The molecule has 1 saturated heterocycles. The second kappa shape index (κ2) is 7.98. The minimum absolute atomic E-state index is 0.180. The van der Waals surface area contributed by atoms with E-state index in [-0.39, 0.29) is 5.91 Å². The van der Waals surface area contributed by atoms with Gasteiger partial charge in [-0.15, -0.1) is 0 Å². The highest BCUT2D eigenvalue weighted by Gasteiger charge is 2.24. The van der Waals surface area contributed by atoms with E-state index in [0.717, 1.165) is 22.4 Å². The van der Waals surface area contributed by atoms with E-state index in [9.17, 15) is 4.79 Å². The molecule has 1 aliphatic heterocycles. The first kappa shape index (κ1) is 18.5. The third-order valence-electron chi connectivity index (χ3n) is 3.65. The summed E-state index contributed by atoms with van der Waals surface area (Å²) in [6, 6.07) is 11.4. The lowest BCUT2D eigenvalue weighted by atomic mass is 10.1. The van der Waals surface area contributed by atoms with E-state index in [0.29, 0.717) is 27.5 Å². The molecule has 26 heavy (non-hydrogen) atoms. The predicted octanol–water partition coefficient (Wildman–Crippen LogP) is 5.25. The van der Waals surface area contributed by atoms with Gasteiger partial charge in [0.2, 0.25) is 0 Å². The SMILES string of the molecule is CCOc1ccc(Cl)cc1/C=C1\SC(=Nc2cc(C)cc(C)c2)NC1=O. The van der Waals surface area contributed by atoms with Crippen LogP contribution in [0.25, 0.3) is 6.08 Å². The number of carbonyl (C=O) groups excluding carboxylic acids is 1. The molecule has 3 rings (SSSR count). The highest BCUT2D eigenvalue weighted by molar-refractivity contribution is 8.18. The number of ether oxygens (including phenoxy) is 1. The highest BCUT2D eigenvalue weighted by atomic mass is 35.5. The molecule has 0 atom stereocenters. The Hall–Kier alpha value is -2.24. The van der Waals surface area contributed by atoms with E-state index in [1.165, 1.54) is 11.8 Å². The summed E-state index contributed by atoms with van der Waals surface area (Å²) in [7, 11) is 0. The van der Waals surface area contributed by atoms with Gasteiger partial charge in [-0.1, -0.05) is 17.7 Å². The summed E-state index contributed by atoms with van der Waals surface area (Å²) in [4.78, 5) is 17.4. The molecule has 0 spiro atoms. The molecule has 134 valence electrons. The van der Waals surface area contributed by atoms with Crippen molar-refractivity contribution in [1.82, 2.24) is 5.32 Å². The zero-order valence-corrected chi connectivity index (χ0v) is 16.4. The van der Waals surface area contributed by atoms with Crippen molar-refractivity contribution in [3.63, 3.8) is 0 Å². The van der Waals surface area contributed by atoms with Crippen LogP contribution in [-0.2, 0) is 4.79 Å².